The third-order valence-electron chi connectivity index (χ3n) is 5.51. The molecule has 1 heterocycles. The molecule has 1 saturated heterocycles. The van der Waals surface area contributed by atoms with E-state index in [-0.39, 0.29) is 17.7 Å². The van der Waals surface area contributed by atoms with Gasteiger partial charge in [-0.25, -0.2) is 0 Å². The number of hydrogen-bond acceptors (Lipinski definition) is 2. The van der Waals surface area contributed by atoms with E-state index in [0.717, 1.165) is 31.4 Å². The number of hydrogen-bond donors (Lipinski definition) is 1. The van der Waals surface area contributed by atoms with E-state index in [1.54, 1.807) is 0 Å². The second-order valence-corrected chi connectivity index (χ2v) is 7.42. The molecule has 0 radical (unpaired) electrons. The Hall–Kier alpha value is -2.62. The van der Waals surface area contributed by atoms with Crippen molar-refractivity contribution in [3.05, 3.63) is 65.2 Å². The summed E-state index contributed by atoms with van der Waals surface area (Å²) in [6, 6.07) is 16.5. The van der Waals surface area contributed by atoms with E-state index in [2.05, 4.69) is 49.5 Å². The highest BCUT2D eigenvalue weighted by molar-refractivity contribution is 6.01. The van der Waals surface area contributed by atoms with E-state index >= 15 is 0 Å². The van der Waals surface area contributed by atoms with Crippen molar-refractivity contribution in [3.63, 3.8) is 0 Å². The number of anilines is 1. The maximum atomic E-state index is 12.7. The molecule has 148 valence electrons. The topological polar surface area (TPSA) is 49.4 Å². The third kappa shape index (κ3) is 4.61. The molecule has 2 aromatic rings. The minimum absolute atomic E-state index is 0.00376. The molecule has 2 aromatic carbocycles. The van der Waals surface area contributed by atoms with Crippen LogP contribution in [0.1, 0.15) is 43.4 Å². The molecule has 1 aliphatic rings. The van der Waals surface area contributed by atoms with Crippen LogP contribution in [0.25, 0.3) is 0 Å². The standard InChI is InChI=1S/C24H30N2O2/c1-3-19-13-8-14-20(4-2)23(19)26-17-21(16-22(26)27)24(28)25-15-9-12-18-10-6-5-7-11-18/h5-8,10-11,13-14,21H,3-4,9,12,15-17H2,1-2H3,(H,25,28). The van der Waals surface area contributed by atoms with Gasteiger partial charge in [0.1, 0.15) is 0 Å². The summed E-state index contributed by atoms with van der Waals surface area (Å²) in [5.41, 5.74) is 4.66. The van der Waals surface area contributed by atoms with Crippen molar-refractivity contribution in [1.82, 2.24) is 5.32 Å². The van der Waals surface area contributed by atoms with Gasteiger partial charge in [-0.2, -0.15) is 0 Å². The highest BCUT2D eigenvalue weighted by atomic mass is 16.2. The smallest absolute Gasteiger partial charge is 0.227 e. The molecule has 2 amide bonds. The summed E-state index contributed by atoms with van der Waals surface area (Å²) in [6.07, 6.45) is 3.90. The predicted octanol–water partition coefficient (Wildman–Crippen LogP) is 3.91. The number of carbonyl (C=O) groups is 2. The number of aryl methyl sites for hydroxylation is 3. The molecule has 1 aliphatic heterocycles. The molecule has 1 fully saturated rings. The zero-order valence-corrected chi connectivity index (χ0v) is 16.9. The Morgan fingerprint density at radius 1 is 1.04 bits per heavy atom. The van der Waals surface area contributed by atoms with Gasteiger partial charge in [-0.15, -0.1) is 0 Å². The average Bonchev–Trinajstić information content (AvgIpc) is 3.12. The summed E-state index contributed by atoms with van der Waals surface area (Å²) in [7, 11) is 0. The fourth-order valence-corrected chi connectivity index (χ4v) is 3.95. The first kappa shape index (κ1) is 20.1. The van der Waals surface area contributed by atoms with Gasteiger partial charge in [-0.05, 0) is 42.4 Å². The van der Waals surface area contributed by atoms with E-state index in [1.165, 1.54) is 16.7 Å². The van der Waals surface area contributed by atoms with E-state index in [0.29, 0.717) is 19.5 Å². The number of benzene rings is 2. The molecule has 1 unspecified atom stereocenters. The molecule has 0 aliphatic carbocycles. The maximum absolute atomic E-state index is 12.7. The Bertz CT molecular complexity index is 794. The lowest BCUT2D eigenvalue weighted by Gasteiger charge is -2.23. The molecular formula is C24H30N2O2. The molecule has 0 aromatic heterocycles. The Labute approximate surface area is 167 Å². The van der Waals surface area contributed by atoms with Crippen LogP contribution in [0.2, 0.25) is 0 Å². The summed E-state index contributed by atoms with van der Waals surface area (Å²) in [4.78, 5) is 27.1. The fourth-order valence-electron chi connectivity index (χ4n) is 3.95. The lowest BCUT2D eigenvalue weighted by molar-refractivity contribution is -0.126. The van der Waals surface area contributed by atoms with Crippen LogP contribution in [0.5, 0.6) is 0 Å². The molecular weight excluding hydrogens is 348 g/mol. The van der Waals surface area contributed by atoms with Crippen LogP contribution in [0.15, 0.2) is 48.5 Å². The molecule has 1 atom stereocenters. The van der Waals surface area contributed by atoms with E-state index in [4.69, 9.17) is 0 Å². The van der Waals surface area contributed by atoms with Gasteiger partial charge in [0.05, 0.1) is 5.92 Å². The largest absolute Gasteiger partial charge is 0.356 e. The maximum Gasteiger partial charge on any atom is 0.227 e. The van der Waals surface area contributed by atoms with Gasteiger partial charge >= 0.3 is 0 Å². The van der Waals surface area contributed by atoms with Crippen LogP contribution in [-0.2, 0) is 28.9 Å². The van der Waals surface area contributed by atoms with Gasteiger partial charge in [0.15, 0.2) is 0 Å². The highest BCUT2D eigenvalue weighted by Crippen LogP contribution is 2.32. The number of nitrogens with one attached hydrogen (secondary N) is 1. The van der Waals surface area contributed by atoms with Crippen LogP contribution < -0.4 is 10.2 Å². The van der Waals surface area contributed by atoms with Crippen molar-refractivity contribution in [2.75, 3.05) is 18.0 Å². The molecule has 28 heavy (non-hydrogen) atoms. The van der Waals surface area contributed by atoms with Gasteiger partial charge in [-0.3, -0.25) is 9.59 Å². The molecule has 0 spiro atoms. The van der Waals surface area contributed by atoms with E-state index in [9.17, 15) is 9.59 Å². The van der Waals surface area contributed by atoms with Crippen molar-refractivity contribution in [3.8, 4) is 0 Å². The fraction of sp³-hybridized carbons (Fsp3) is 0.417. The Balaban J connectivity index is 1.58. The van der Waals surface area contributed by atoms with Crippen LogP contribution in [-0.4, -0.2) is 24.9 Å². The van der Waals surface area contributed by atoms with Gasteiger partial charge < -0.3 is 10.2 Å². The zero-order valence-electron chi connectivity index (χ0n) is 16.9. The monoisotopic (exact) mass is 378 g/mol. The number of carbonyl (C=O) groups excluding carboxylic acids is 2. The first-order chi connectivity index (χ1) is 13.6. The Kier molecular flexibility index (Phi) is 6.85. The van der Waals surface area contributed by atoms with Crippen LogP contribution in [0.3, 0.4) is 0 Å². The first-order valence-corrected chi connectivity index (χ1v) is 10.4. The van der Waals surface area contributed by atoms with Crippen LogP contribution in [0, 0.1) is 5.92 Å². The number of nitrogens with zero attached hydrogens (tertiary/aromatic N) is 1. The predicted molar refractivity (Wildman–Crippen MR) is 113 cm³/mol. The van der Waals surface area contributed by atoms with Crippen LogP contribution in [0.4, 0.5) is 5.69 Å². The second-order valence-electron chi connectivity index (χ2n) is 7.42. The Morgan fingerprint density at radius 2 is 1.71 bits per heavy atom. The van der Waals surface area contributed by atoms with Gasteiger partial charge in [0, 0.05) is 25.2 Å². The second kappa shape index (κ2) is 9.54. The summed E-state index contributed by atoms with van der Waals surface area (Å²) >= 11 is 0. The van der Waals surface area contributed by atoms with Crippen molar-refractivity contribution in [2.45, 2.75) is 46.0 Å². The minimum atomic E-state index is -0.265. The zero-order chi connectivity index (χ0) is 19.9. The van der Waals surface area contributed by atoms with Gasteiger partial charge in [0.2, 0.25) is 11.8 Å². The molecule has 4 nitrogen and oxygen atoms in total. The summed E-state index contributed by atoms with van der Waals surface area (Å²) in [5.74, 6) is -0.213. The number of amides is 2. The van der Waals surface area contributed by atoms with Gasteiger partial charge in [-0.1, -0.05) is 62.4 Å². The Morgan fingerprint density at radius 3 is 2.36 bits per heavy atom. The molecule has 0 bridgehead atoms. The SMILES string of the molecule is CCc1cccc(CC)c1N1CC(C(=O)NCCCc2ccccc2)CC1=O. The van der Waals surface area contributed by atoms with Crippen molar-refractivity contribution in [2.24, 2.45) is 5.92 Å². The average molecular weight is 379 g/mol. The van der Waals surface area contributed by atoms with Crippen LogP contribution >= 0.6 is 0 Å². The lowest BCUT2D eigenvalue weighted by Crippen LogP contribution is -2.34. The molecule has 3 rings (SSSR count). The normalized spacial score (nSPS) is 16.4. The summed E-state index contributed by atoms with van der Waals surface area (Å²) in [5, 5.41) is 3.03. The number of para-hydroxylation sites is 1. The van der Waals surface area contributed by atoms with E-state index < -0.39 is 0 Å². The minimum Gasteiger partial charge on any atom is -0.356 e. The summed E-state index contributed by atoms with van der Waals surface area (Å²) in [6.45, 7) is 5.34. The quantitative estimate of drug-likeness (QED) is 0.708. The molecule has 4 heteroatoms. The van der Waals surface area contributed by atoms with Crippen molar-refractivity contribution in [1.29, 1.82) is 0 Å². The van der Waals surface area contributed by atoms with Gasteiger partial charge in [0.25, 0.3) is 0 Å². The highest BCUT2D eigenvalue weighted by Gasteiger charge is 2.36. The van der Waals surface area contributed by atoms with Crippen molar-refractivity contribution >= 4 is 17.5 Å². The number of rotatable bonds is 8. The van der Waals surface area contributed by atoms with E-state index in [1.807, 2.05) is 23.1 Å². The molecule has 0 saturated carbocycles. The first-order valence-electron chi connectivity index (χ1n) is 10.4. The summed E-state index contributed by atoms with van der Waals surface area (Å²) < 4.78 is 0. The third-order valence-corrected chi connectivity index (χ3v) is 5.51. The van der Waals surface area contributed by atoms with Crippen molar-refractivity contribution < 1.29 is 9.59 Å². The lowest BCUT2D eigenvalue weighted by atomic mass is 10.0. The molecule has 1 N–H and O–H groups in total.